The Balaban J connectivity index is 1.49. The molecule has 5 heterocycles. The minimum atomic E-state index is -0.703. The molecule has 1 aliphatic heterocycles. The molecule has 1 amide bonds. The summed E-state index contributed by atoms with van der Waals surface area (Å²) in [5.74, 6) is 1.75. The van der Waals surface area contributed by atoms with Gasteiger partial charge in [0, 0.05) is 31.9 Å². The predicted molar refractivity (Wildman–Crippen MR) is 135 cm³/mol. The van der Waals surface area contributed by atoms with Crippen LogP contribution in [0.1, 0.15) is 21.9 Å². The first-order valence-electron chi connectivity index (χ1n) is 12.0. The molecule has 4 aromatic heterocycles. The number of ether oxygens (including phenoxy) is 1. The number of hydrogen-bond donors (Lipinski definition) is 1. The fraction of sp³-hybridized carbons (Fsp3) is 0.308. The number of alkyl halides is 1. The third-order valence-electron chi connectivity index (χ3n) is 6.82. The number of methoxy groups -OCH3 is 1. The highest BCUT2D eigenvalue weighted by molar-refractivity contribution is 5.99. The van der Waals surface area contributed by atoms with E-state index >= 15 is 0 Å². The van der Waals surface area contributed by atoms with Crippen molar-refractivity contribution in [2.24, 2.45) is 12.8 Å². The molecule has 0 bridgehead atoms. The van der Waals surface area contributed by atoms with Crippen LogP contribution < -0.4 is 10.5 Å². The number of oxazole rings is 1. The lowest BCUT2D eigenvalue weighted by molar-refractivity contribution is 0.0723. The molecular weight excluding hydrogens is 477 g/mol. The molecule has 0 spiro atoms. The van der Waals surface area contributed by atoms with Crippen molar-refractivity contribution in [3.05, 3.63) is 59.9 Å². The molecular formula is C26H26FN7O3. The first kappa shape index (κ1) is 23.2. The number of carbonyl (C=O) groups excluding carboxylic acids is 1. The maximum absolute atomic E-state index is 13.1. The third kappa shape index (κ3) is 3.82. The quantitative estimate of drug-likeness (QED) is 0.363. The van der Waals surface area contributed by atoms with Gasteiger partial charge in [-0.25, -0.2) is 19.3 Å². The summed E-state index contributed by atoms with van der Waals surface area (Å²) in [6, 6.07) is 8.99. The maximum atomic E-state index is 13.1. The lowest BCUT2D eigenvalue weighted by Crippen LogP contribution is -2.45. The second-order valence-corrected chi connectivity index (χ2v) is 9.18. The standard InChI is InChI=1S/C26H26FN7O3/c1-32-24-19(11-17-18(30-24)6-8-33(26(17)35)13-16(28)12-27)31-25(32)20-10-15-4-3-5-21(36-2)23(15)34(20)14-22-29-7-9-37-22/h3-5,7,9-11,16H,6,8,12-14,28H2,1-2H3/t16-/m1/s1. The summed E-state index contributed by atoms with van der Waals surface area (Å²) < 4.78 is 28.2. The number of amides is 1. The zero-order chi connectivity index (χ0) is 25.7. The van der Waals surface area contributed by atoms with Gasteiger partial charge in [-0.2, -0.15) is 0 Å². The first-order chi connectivity index (χ1) is 18.0. The van der Waals surface area contributed by atoms with Crippen LogP contribution in [0.2, 0.25) is 0 Å². The highest BCUT2D eigenvalue weighted by Gasteiger charge is 2.29. The summed E-state index contributed by atoms with van der Waals surface area (Å²) in [7, 11) is 3.55. The number of nitrogens with zero attached hydrogens (tertiary/aromatic N) is 6. The fourth-order valence-corrected chi connectivity index (χ4v) is 5.04. The molecule has 1 atom stereocenters. The third-order valence-corrected chi connectivity index (χ3v) is 6.82. The topological polar surface area (TPSA) is 117 Å². The van der Waals surface area contributed by atoms with Crippen LogP contribution in [0.15, 0.2) is 47.2 Å². The first-order valence-corrected chi connectivity index (χ1v) is 12.0. The molecule has 0 saturated carbocycles. The van der Waals surface area contributed by atoms with Crippen molar-refractivity contribution in [3.63, 3.8) is 0 Å². The molecule has 0 fully saturated rings. The molecule has 0 unspecified atom stereocenters. The SMILES string of the molecule is COc1cccc2cc(-c3nc4cc5c(nc4n3C)CCN(C[C@H](N)CF)C5=O)n(Cc3ncco3)c12. The van der Waals surface area contributed by atoms with Crippen LogP contribution in [-0.4, -0.2) is 67.8 Å². The Labute approximate surface area is 211 Å². The minimum Gasteiger partial charge on any atom is -0.495 e. The van der Waals surface area contributed by atoms with E-state index in [2.05, 4.69) is 9.55 Å². The molecule has 10 nitrogen and oxygen atoms in total. The number of aromatic nitrogens is 5. The van der Waals surface area contributed by atoms with Crippen molar-refractivity contribution in [1.29, 1.82) is 0 Å². The second-order valence-electron chi connectivity index (χ2n) is 9.18. The number of imidazole rings is 1. The van der Waals surface area contributed by atoms with E-state index < -0.39 is 12.7 Å². The Kier molecular flexibility index (Phi) is 5.64. The van der Waals surface area contributed by atoms with Gasteiger partial charge >= 0.3 is 0 Å². The van der Waals surface area contributed by atoms with Crippen molar-refractivity contribution < 1.29 is 18.3 Å². The molecule has 5 aromatic rings. The maximum Gasteiger partial charge on any atom is 0.255 e. The number of hydrogen-bond acceptors (Lipinski definition) is 7. The van der Waals surface area contributed by atoms with Gasteiger partial charge in [0.15, 0.2) is 11.5 Å². The Hall–Kier alpha value is -4.25. The Morgan fingerprint density at radius 1 is 1.27 bits per heavy atom. The van der Waals surface area contributed by atoms with Gasteiger partial charge in [0.1, 0.15) is 24.2 Å². The van der Waals surface area contributed by atoms with E-state index in [4.69, 9.17) is 24.9 Å². The monoisotopic (exact) mass is 503 g/mol. The summed E-state index contributed by atoms with van der Waals surface area (Å²) in [5, 5.41) is 0.982. The van der Waals surface area contributed by atoms with Crippen molar-refractivity contribution in [2.45, 2.75) is 19.0 Å². The van der Waals surface area contributed by atoms with Gasteiger partial charge in [-0.3, -0.25) is 4.79 Å². The number of halogens is 1. The molecule has 6 rings (SSSR count). The average molecular weight is 504 g/mol. The number of fused-ring (bicyclic) bond motifs is 3. The van der Waals surface area contributed by atoms with Gasteiger partial charge in [0.05, 0.1) is 48.4 Å². The number of rotatable bonds is 7. The molecule has 190 valence electrons. The molecule has 0 aliphatic carbocycles. The van der Waals surface area contributed by atoms with Gasteiger partial charge in [-0.05, 0) is 18.2 Å². The minimum absolute atomic E-state index is 0.170. The number of pyridine rings is 1. The zero-order valence-electron chi connectivity index (χ0n) is 20.5. The van der Waals surface area contributed by atoms with Crippen LogP contribution in [0.4, 0.5) is 4.39 Å². The van der Waals surface area contributed by atoms with E-state index in [1.54, 1.807) is 30.5 Å². The van der Waals surface area contributed by atoms with Gasteiger partial charge < -0.3 is 28.9 Å². The largest absolute Gasteiger partial charge is 0.495 e. The summed E-state index contributed by atoms with van der Waals surface area (Å²) in [4.78, 5) is 28.7. The smallest absolute Gasteiger partial charge is 0.255 e. The molecule has 2 N–H and O–H groups in total. The zero-order valence-corrected chi connectivity index (χ0v) is 20.5. The molecule has 11 heteroatoms. The van der Waals surface area contributed by atoms with Gasteiger partial charge in [-0.1, -0.05) is 12.1 Å². The Bertz CT molecular complexity index is 1620. The number of carbonyl (C=O) groups is 1. The Morgan fingerprint density at radius 2 is 2.14 bits per heavy atom. The van der Waals surface area contributed by atoms with Crippen LogP contribution in [0.3, 0.4) is 0 Å². The lowest BCUT2D eigenvalue weighted by atomic mass is 10.0. The number of aryl methyl sites for hydroxylation is 1. The van der Waals surface area contributed by atoms with Gasteiger partial charge in [0.25, 0.3) is 5.91 Å². The predicted octanol–water partition coefficient (Wildman–Crippen LogP) is 2.93. The van der Waals surface area contributed by atoms with E-state index in [1.807, 2.05) is 35.9 Å². The molecule has 1 aromatic carbocycles. The van der Waals surface area contributed by atoms with Gasteiger partial charge in [0.2, 0.25) is 5.89 Å². The summed E-state index contributed by atoms with van der Waals surface area (Å²) >= 11 is 0. The van der Waals surface area contributed by atoms with Crippen LogP contribution in [-0.2, 0) is 20.0 Å². The summed E-state index contributed by atoms with van der Waals surface area (Å²) in [6.07, 6.45) is 3.72. The number of para-hydroxylation sites is 1. The normalized spacial score (nSPS) is 14.5. The lowest BCUT2D eigenvalue weighted by Gasteiger charge is -2.29. The number of benzene rings is 1. The van der Waals surface area contributed by atoms with Crippen LogP contribution >= 0.6 is 0 Å². The van der Waals surface area contributed by atoms with Crippen LogP contribution in [0.5, 0.6) is 5.75 Å². The highest BCUT2D eigenvalue weighted by Crippen LogP contribution is 2.35. The van der Waals surface area contributed by atoms with E-state index in [9.17, 15) is 9.18 Å². The van der Waals surface area contributed by atoms with Crippen LogP contribution in [0.25, 0.3) is 33.6 Å². The van der Waals surface area contributed by atoms with Crippen molar-refractivity contribution in [2.75, 3.05) is 26.9 Å². The van der Waals surface area contributed by atoms with E-state index in [1.165, 1.54) is 0 Å². The average Bonchev–Trinajstić information content (AvgIpc) is 3.63. The molecule has 0 saturated heterocycles. The molecule has 37 heavy (non-hydrogen) atoms. The van der Waals surface area contributed by atoms with Crippen molar-refractivity contribution >= 4 is 28.0 Å². The van der Waals surface area contributed by atoms with E-state index in [0.717, 1.165) is 22.3 Å². The summed E-state index contributed by atoms with van der Waals surface area (Å²) in [5.41, 5.74) is 9.95. The van der Waals surface area contributed by atoms with Gasteiger partial charge in [-0.15, -0.1) is 0 Å². The van der Waals surface area contributed by atoms with Crippen molar-refractivity contribution in [1.82, 2.24) is 29.0 Å². The fourth-order valence-electron chi connectivity index (χ4n) is 5.04. The molecule has 1 aliphatic rings. The summed E-state index contributed by atoms with van der Waals surface area (Å²) in [6.45, 7) is 0.321. The van der Waals surface area contributed by atoms with E-state index in [-0.39, 0.29) is 12.5 Å². The second kappa shape index (κ2) is 9.00. The molecule has 0 radical (unpaired) electrons. The highest BCUT2D eigenvalue weighted by atomic mass is 19.1. The van der Waals surface area contributed by atoms with E-state index in [0.29, 0.717) is 53.6 Å². The Morgan fingerprint density at radius 3 is 2.89 bits per heavy atom. The van der Waals surface area contributed by atoms with Crippen LogP contribution in [0, 0.1) is 0 Å². The number of nitrogens with two attached hydrogens (primary N) is 1. The van der Waals surface area contributed by atoms with Crippen molar-refractivity contribution in [3.8, 4) is 17.3 Å².